The summed E-state index contributed by atoms with van der Waals surface area (Å²) in [6.45, 7) is 3.99. The van der Waals surface area contributed by atoms with Crippen LogP contribution in [0.2, 0.25) is 5.02 Å². The van der Waals surface area contributed by atoms with Gasteiger partial charge in [-0.15, -0.1) is 11.3 Å². The summed E-state index contributed by atoms with van der Waals surface area (Å²) in [5.74, 6) is -1.20. The summed E-state index contributed by atoms with van der Waals surface area (Å²) in [6, 6.07) is 16.8. The largest absolute Gasteiger partial charge is 0.462 e. The summed E-state index contributed by atoms with van der Waals surface area (Å²) in [4.78, 5) is 24.8. The quantitative estimate of drug-likeness (QED) is 0.332. The van der Waals surface area contributed by atoms with Gasteiger partial charge in [0.05, 0.1) is 17.2 Å². The number of nitrogens with one attached hydrogen (secondary N) is 1. The molecule has 1 aromatic heterocycles. The van der Waals surface area contributed by atoms with Gasteiger partial charge in [0, 0.05) is 31.7 Å². The van der Waals surface area contributed by atoms with E-state index in [-0.39, 0.29) is 34.1 Å². The molecule has 0 amide bonds. The number of carbonyl (C=O) groups is 2. The standard InChI is InChI=1S/C27H29ClN2O6S2/c1-3-35-27(32)26-24(36-18(2)31)23(28)25(37-26)20-10-7-11-22(16-20)29-21-12-14-30(15-13-21)38(33,34)17-19-8-5-4-6-9-19/h4-11,16,21,29H,3,12-15,17H2,1-2H3. The van der Waals surface area contributed by atoms with Crippen LogP contribution in [0.3, 0.4) is 0 Å². The molecule has 1 N–H and O–H groups in total. The predicted octanol–water partition coefficient (Wildman–Crippen LogP) is 5.58. The molecule has 0 radical (unpaired) electrons. The van der Waals surface area contributed by atoms with Crippen LogP contribution in [-0.2, 0) is 25.3 Å². The molecule has 0 spiro atoms. The van der Waals surface area contributed by atoms with E-state index in [2.05, 4.69) is 5.32 Å². The average Bonchev–Trinajstić information content (AvgIpc) is 3.20. The molecule has 4 rings (SSSR count). The van der Waals surface area contributed by atoms with Gasteiger partial charge in [-0.2, -0.15) is 0 Å². The number of ether oxygens (including phenoxy) is 2. The fourth-order valence-corrected chi connectivity index (χ4v) is 7.28. The van der Waals surface area contributed by atoms with Crippen molar-refractivity contribution in [2.45, 2.75) is 38.5 Å². The second-order valence-corrected chi connectivity index (χ2v) is 12.2. The number of hydrogen-bond donors (Lipinski definition) is 1. The highest BCUT2D eigenvalue weighted by Gasteiger charge is 2.29. The lowest BCUT2D eigenvalue weighted by Crippen LogP contribution is -2.42. The molecule has 1 aliphatic rings. The van der Waals surface area contributed by atoms with Crippen LogP contribution in [0.4, 0.5) is 5.69 Å². The lowest BCUT2D eigenvalue weighted by Gasteiger charge is -2.32. The zero-order valence-electron chi connectivity index (χ0n) is 21.1. The SMILES string of the molecule is CCOC(=O)c1sc(-c2cccc(NC3CCN(S(=O)(=O)Cc4ccccc4)CC3)c2)c(Cl)c1OC(C)=O. The van der Waals surface area contributed by atoms with Crippen molar-refractivity contribution >= 4 is 50.6 Å². The number of anilines is 1. The van der Waals surface area contributed by atoms with Crippen molar-refractivity contribution in [1.29, 1.82) is 0 Å². The van der Waals surface area contributed by atoms with Gasteiger partial charge >= 0.3 is 11.9 Å². The van der Waals surface area contributed by atoms with Crippen molar-refractivity contribution in [1.82, 2.24) is 4.31 Å². The highest BCUT2D eigenvalue weighted by molar-refractivity contribution is 7.88. The first-order chi connectivity index (χ1) is 18.2. The maximum atomic E-state index is 12.9. The monoisotopic (exact) mass is 576 g/mol. The van der Waals surface area contributed by atoms with Gasteiger partial charge in [-0.3, -0.25) is 4.79 Å². The first kappa shape index (κ1) is 28.1. The fraction of sp³-hybridized carbons (Fsp3) is 0.333. The Hall–Kier alpha value is -2.92. The highest BCUT2D eigenvalue weighted by Crippen LogP contribution is 2.46. The van der Waals surface area contributed by atoms with E-state index in [0.717, 1.165) is 28.2 Å². The first-order valence-corrected chi connectivity index (χ1v) is 15.0. The Labute approximate surface area is 231 Å². The zero-order chi connectivity index (χ0) is 27.3. The number of nitrogens with zero attached hydrogens (tertiary/aromatic N) is 1. The van der Waals surface area contributed by atoms with Crippen molar-refractivity contribution in [3.63, 3.8) is 0 Å². The third-order valence-electron chi connectivity index (χ3n) is 6.05. The molecule has 38 heavy (non-hydrogen) atoms. The maximum absolute atomic E-state index is 12.9. The number of piperidine rings is 1. The summed E-state index contributed by atoms with van der Waals surface area (Å²) in [6.07, 6.45) is 1.34. The molecule has 0 bridgehead atoms. The third-order valence-corrected chi connectivity index (χ3v) is 9.57. The minimum Gasteiger partial charge on any atom is -0.462 e. The van der Waals surface area contributed by atoms with E-state index in [4.69, 9.17) is 21.1 Å². The van der Waals surface area contributed by atoms with Crippen LogP contribution in [0.25, 0.3) is 10.4 Å². The molecule has 3 aromatic rings. The number of hydrogen-bond acceptors (Lipinski definition) is 8. The predicted molar refractivity (Wildman–Crippen MR) is 149 cm³/mol. The van der Waals surface area contributed by atoms with E-state index < -0.39 is 22.0 Å². The second-order valence-electron chi connectivity index (χ2n) is 8.86. The average molecular weight is 577 g/mol. The van der Waals surface area contributed by atoms with Crippen LogP contribution in [0, 0.1) is 0 Å². The molecular weight excluding hydrogens is 548 g/mol. The molecule has 1 fully saturated rings. The Morgan fingerprint density at radius 3 is 2.47 bits per heavy atom. The van der Waals surface area contributed by atoms with E-state index in [0.29, 0.717) is 30.8 Å². The molecular formula is C27H29ClN2O6S2. The van der Waals surface area contributed by atoms with Gasteiger partial charge in [0.2, 0.25) is 10.0 Å². The summed E-state index contributed by atoms with van der Waals surface area (Å²) >= 11 is 7.66. The van der Waals surface area contributed by atoms with Crippen LogP contribution < -0.4 is 10.1 Å². The van der Waals surface area contributed by atoms with Crippen LogP contribution in [-0.4, -0.2) is 50.4 Å². The maximum Gasteiger partial charge on any atom is 0.352 e. The number of benzene rings is 2. The van der Waals surface area contributed by atoms with Crippen molar-refractivity contribution in [3.05, 3.63) is 70.1 Å². The van der Waals surface area contributed by atoms with Crippen molar-refractivity contribution in [2.75, 3.05) is 25.0 Å². The molecule has 11 heteroatoms. The van der Waals surface area contributed by atoms with Crippen molar-refractivity contribution < 1.29 is 27.5 Å². The van der Waals surface area contributed by atoms with Gasteiger partial charge < -0.3 is 14.8 Å². The molecule has 8 nitrogen and oxygen atoms in total. The van der Waals surface area contributed by atoms with E-state index >= 15 is 0 Å². The molecule has 0 saturated carbocycles. The molecule has 2 heterocycles. The molecule has 0 unspecified atom stereocenters. The lowest BCUT2D eigenvalue weighted by atomic mass is 10.1. The first-order valence-electron chi connectivity index (χ1n) is 12.2. The molecule has 1 aliphatic heterocycles. The van der Waals surface area contributed by atoms with E-state index in [1.807, 2.05) is 54.6 Å². The fourth-order valence-electron chi connectivity index (χ4n) is 4.29. The molecule has 202 valence electrons. The minimum atomic E-state index is -3.38. The highest BCUT2D eigenvalue weighted by atomic mass is 35.5. The van der Waals surface area contributed by atoms with E-state index in [9.17, 15) is 18.0 Å². The summed E-state index contributed by atoms with van der Waals surface area (Å²) in [5.41, 5.74) is 2.36. The Morgan fingerprint density at radius 1 is 1.11 bits per heavy atom. The molecule has 1 saturated heterocycles. The Balaban J connectivity index is 1.45. The number of halogens is 1. The molecule has 2 aromatic carbocycles. The summed E-state index contributed by atoms with van der Waals surface area (Å²) in [7, 11) is -3.38. The van der Waals surface area contributed by atoms with Gasteiger partial charge in [0.25, 0.3) is 0 Å². The Morgan fingerprint density at radius 2 is 1.82 bits per heavy atom. The smallest absolute Gasteiger partial charge is 0.352 e. The van der Waals surface area contributed by atoms with Crippen LogP contribution in [0.5, 0.6) is 5.75 Å². The van der Waals surface area contributed by atoms with Crippen molar-refractivity contribution in [2.24, 2.45) is 0 Å². The van der Waals surface area contributed by atoms with Crippen molar-refractivity contribution in [3.8, 4) is 16.2 Å². The number of sulfonamides is 1. The molecule has 0 atom stereocenters. The zero-order valence-corrected chi connectivity index (χ0v) is 23.5. The third kappa shape index (κ3) is 6.74. The number of carbonyl (C=O) groups excluding carboxylic acids is 2. The number of thiophene rings is 1. The van der Waals surface area contributed by atoms with E-state index in [1.165, 1.54) is 6.92 Å². The molecule has 0 aliphatic carbocycles. The van der Waals surface area contributed by atoms with Gasteiger partial charge in [-0.1, -0.05) is 54.1 Å². The second kappa shape index (κ2) is 12.3. The van der Waals surface area contributed by atoms with Crippen LogP contribution in [0.15, 0.2) is 54.6 Å². The lowest BCUT2D eigenvalue weighted by molar-refractivity contribution is -0.131. The Bertz CT molecular complexity index is 1400. The minimum absolute atomic E-state index is 0.0000582. The van der Waals surface area contributed by atoms with Gasteiger partial charge in [0.1, 0.15) is 5.02 Å². The van der Waals surface area contributed by atoms with Gasteiger partial charge in [-0.05, 0) is 43.0 Å². The normalized spacial score (nSPS) is 14.7. The topological polar surface area (TPSA) is 102 Å². The summed E-state index contributed by atoms with van der Waals surface area (Å²) < 4.78 is 37.6. The Kier molecular flexibility index (Phi) is 9.09. The van der Waals surface area contributed by atoms with Gasteiger partial charge in [-0.25, -0.2) is 17.5 Å². The number of esters is 2. The van der Waals surface area contributed by atoms with Crippen LogP contribution in [0.1, 0.15) is 41.9 Å². The summed E-state index contributed by atoms with van der Waals surface area (Å²) in [5, 5.41) is 3.66. The van der Waals surface area contributed by atoms with Gasteiger partial charge in [0.15, 0.2) is 10.6 Å². The van der Waals surface area contributed by atoms with Crippen LogP contribution >= 0.6 is 22.9 Å². The number of rotatable bonds is 9. The van der Waals surface area contributed by atoms with E-state index in [1.54, 1.807) is 11.2 Å².